The molecule has 0 bridgehead atoms. The molecular formula is C12H12N2O3S. The summed E-state index contributed by atoms with van der Waals surface area (Å²) < 4.78 is 0. The van der Waals surface area contributed by atoms with Crippen LogP contribution in [0.5, 0.6) is 0 Å². The summed E-state index contributed by atoms with van der Waals surface area (Å²) in [5, 5.41) is 18.7. The topological polar surface area (TPSA) is 81.4 Å². The largest absolute Gasteiger partial charge is 0.478 e. The molecule has 1 rings (SSSR count). The molecule has 1 amide bonds. The molecule has 94 valence electrons. The van der Waals surface area contributed by atoms with Crippen molar-refractivity contribution in [2.75, 3.05) is 13.6 Å². The minimum atomic E-state index is -1.06. The molecule has 1 N–H and O–H groups in total. The average molecular weight is 264 g/mol. The number of carbonyl (C=O) groups excluding carboxylic acids is 1. The van der Waals surface area contributed by atoms with E-state index in [9.17, 15) is 9.59 Å². The Labute approximate surface area is 109 Å². The third kappa shape index (κ3) is 3.71. The molecule has 0 saturated heterocycles. The highest BCUT2D eigenvalue weighted by Crippen LogP contribution is 2.20. The number of aliphatic carboxylic acids is 1. The van der Waals surface area contributed by atoms with Gasteiger partial charge in [-0.2, -0.15) is 5.26 Å². The van der Waals surface area contributed by atoms with Gasteiger partial charge in [0.05, 0.1) is 17.4 Å². The fourth-order valence-electron chi connectivity index (χ4n) is 1.28. The summed E-state index contributed by atoms with van der Waals surface area (Å²) in [7, 11) is 1.62. The monoisotopic (exact) mass is 264 g/mol. The van der Waals surface area contributed by atoms with E-state index in [1.165, 1.54) is 22.3 Å². The van der Waals surface area contributed by atoms with Gasteiger partial charge in [0.15, 0.2) is 0 Å². The first-order valence-electron chi connectivity index (χ1n) is 5.17. The third-order valence-electron chi connectivity index (χ3n) is 2.20. The van der Waals surface area contributed by atoms with Crippen LogP contribution in [0.25, 0.3) is 6.08 Å². The number of amides is 1. The Bertz CT molecular complexity index is 514. The number of carbonyl (C=O) groups is 2. The second-order valence-corrected chi connectivity index (χ2v) is 4.43. The lowest BCUT2D eigenvalue weighted by molar-refractivity contribution is -0.131. The number of hydrogen-bond acceptors (Lipinski definition) is 4. The zero-order valence-electron chi connectivity index (χ0n) is 9.79. The molecular weight excluding hydrogens is 252 g/mol. The maximum atomic E-state index is 12.0. The van der Waals surface area contributed by atoms with Gasteiger partial charge in [-0.1, -0.05) is 0 Å². The molecule has 6 heteroatoms. The van der Waals surface area contributed by atoms with Gasteiger partial charge in [0.2, 0.25) is 0 Å². The van der Waals surface area contributed by atoms with Gasteiger partial charge in [0, 0.05) is 19.7 Å². The Morgan fingerprint density at radius 2 is 2.33 bits per heavy atom. The molecule has 0 radical (unpaired) electrons. The lowest BCUT2D eigenvalue weighted by Crippen LogP contribution is -2.27. The van der Waals surface area contributed by atoms with E-state index in [0.29, 0.717) is 17.0 Å². The van der Waals surface area contributed by atoms with Gasteiger partial charge in [0.1, 0.15) is 0 Å². The number of carboxylic acid groups (broad SMARTS) is 1. The average Bonchev–Trinajstić information content (AvgIpc) is 2.80. The zero-order valence-corrected chi connectivity index (χ0v) is 10.6. The van der Waals surface area contributed by atoms with Crippen LogP contribution in [0, 0.1) is 11.3 Å². The van der Waals surface area contributed by atoms with Crippen molar-refractivity contribution < 1.29 is 14.7 Å². The molecule has 18 heavy (non-hydrogen) atoms. The molecule has 0 aliphatic rings. The van der Waals surface area contributed by atoms with Crippen LogP contribution >= 0.6 is 11.3 Å². The van der Waals surface area contributed by atoms with Crippen LogP contribution in [-0.4, -0.2) is 35.5 Å². The Kier molecular flexibility index (Phi) is 5.08. The zero-order chi connectivity index (χ0) is 13.5. The van der Waals surface area contributed by atoms with Crippen molar-refractivity contribution >= 4 is 29.3 Å². The summed E-state index contributed by atoms with van der Waals surface area (Å²) in [4.78, 5) is 24.4. The molecule has 1 aromatic heterocycles. The number of hydrogen-bond donors (Lipinski definition) is 1. The number of thiophene rings is 1. The van der Waals surface area contributed by atoms with Crippen molar-refractivity contribution in [2.45, 2.75) is 6.42 Å². The highest BCUT2D eigenvalue weighted by atomic mass is 32.1. The van der Waals surface area contributed by atoms with E-state index in [0.717, 1.165) is 6.08 Å². The number of nitrogens with zero attached hydrogens (tertiary/aromatic N) is 2. The van der Waals surface area contributed by atoms with E-state index in [1.54, 1.807) is 18.5 Å². The first-order chi connectivity index (χ1) is 8.56. The van der Waals surface area contributed by atoms with Crippen LogP contribution in [-0.2, 0) is 4.79 Å². The predicted octanol–water partition coefficient (Wildman–Crippen LogP) is 1.83. The van der Waals surface area contributed by atoms with Crippen molar-refractivity contribution in [3.05, 3.63) is 28.0 Å². The second kappa shape index (κ2) is 6.57. The van der Waals surface area contributed by atoms with E-state index in [4.69, 9.17) is 10.4 Å². The van der Waals surface area contributed by atoms with Gasteiger partial charge < -0.3 is 10.0 Å². The maximum Gasteiger partial charge on any atom is 0.328 e. The number of nitriles is 1. The molecule has 0 atom stereocenters. The van der Waals surface area contributed by atoms with Crippen LogP contribution in [0.3, 0.4) is 0 Å². The molecule has 0 aliphatic heterocycles. The third-order valence-corrected chi connectivity index (χ3v) is 3.12. The standard InChI is InChI=1S/C12H12N2O3S/c1-14(7-2-6-13)12(17)11-9(5-8-18-11)3-4-10(15)16/h3-5,8H,2,7H2,1H3,(H,15,16). The Balaban J connectivity index is 2.84. The normalized spacial score (nSPS) is 10.2. The second-order valence-electron chi connectivity index (χ2n) is 3.51. The number of carboxylic acids is 1. The fourth-order valence-corrected chi connectivity index (χ4v) is 2.16. The van der Waals surface area contributed by atoms with Crippen LogP contribution < -0.4 is 0 Å². The van der Waals surface area contributed by atoms with E-state index >= 15 is 0 Å². The van der Waals surface area contributed by atoms with Gasteiger partial charge in [-0.3, -0.25) is 4.79 Å². The summed E-state index contributed by atoms with van der Waals surface area (Å²) in [5.41, 5.74) is 0.580. The van der Waals surface area contributed by atoms with Gasteiger partial charge in [-0.05, 0) is 23.1 Å². The van der Waals surface area contributed by atoms with E-state index in [1.807, 2.05) is 6.07 Å². The predicted molar refractivity (Wildman–Crippen MR) is 68.2 cm³/mol. The van der Waals surface area contributed by atoms with Gasteiger partial charge in [0.25, 0.3) is 5.91 Å². The van der Waals surface area contributed by atoms with E-state index in [2.05, 4.69) is 0 Å². The minimum Gasteiger partial charge on any atom is -0.478 e. The first-order valence-corrected chi connectivity index (χ1v) is 6.05. The summed E-state index contributed by atoms with van der Waals surface area (Å²) in [6.45, 7) is 0.356. The van der Waals surface area contributed by atoms with Crippen LogP contribution in [0.1, 0.15) is 21.7 Å². The van der Waals surface area contributed by atoms with E-state index < -0.39 is 5.97 Å². The SMILES string of the molecule is CN(CCC#N)C(=O)c1sccc1C=CC(=O)O. The lowest BCUT2D eigenvalue weighted by Gasteiger charge is -2.14. The van der Waals surface area contributed by atoms with E-state index in [-0.39, 0.29) is 12.3 Å². The summed E-state index contributed by atoms with van der Waals surface area (Å²) in [6, 6.07) is 3.66. The van der Waals surface area contributed by atoms with Crippen molar-refractivity contribution in [1.82, 2.24) is 4.90 Å². The van der Waals surface area contributed by atoms with Gasteiger partial charge in [-0.25, -0.2) is 4.79 Å². The van der Waals surface area contributed by atoms with Crippen molar-refractivity contribution in [3.63, 3.8) is 0 Å². The highest BCUT2D eigenvalue weighted by molar-refractivity contribution is 7.12. The van der Waals surface area contributed by atoms with Crippen LogP contribution in [0.4, 0.5) is 0 Å². The molecule has 0 aromatic carbocycles. The van der Waals surface area contributed by atoms with Crippen molar-refractivity contribution in [2.24, 2.45) is 0 Å². The van der Waals surface area contributed by atoms with Gasteiger partial charge >= 0.3 is 5.97 Å². The fraction of sp³-hybridized carbons (Fsp3) is 0.250. The molecule has 0 saturated carbocycles. The molecule has 1 heterocycles. The highest BCUT2D eigenvalue weighted by Gasteiger charge is 2.15. The quantitative estimate of drug-likeness (QED) is 0.822. The molecule has 0 fully saturated rings. The van der Waals surface area contributed by atoms with Crippen LogP contribution in [0.2, 0.25) is 0 Å². The molecule has 0 spiro atoms. The molecule has 1 aromatic rings. The van der Waals surface area contributed by atoms with Gasteiger partial charge in [-0.15, -0.1) is 11.3 Å². The minimum absolute atomic E-state index is 0.203. The summed E-state index contributed by atoms with van der Waals surface area (Å²) >= 11 is 1.25. The summed E-state index contributed by atoms with van der Waals surface area (Å²) in [5.74, 6) is -1.26. The molecule has 5 nitrogen and oxygen atoms in total. The summed E-state index contributed by atoms with van der Waals surface area (Å²) in [6.07, 6.45) is 2.66. The lowest BCUT2D eigenvalue weighted by atomic mass is 10.2. The number of rotatable bonds is 5. The van der Waals surface area contributed by atoms with Crippen molar-refractivity contribution in [1.29, 1.82) is 5.26 Å². The first kappa shape index (κ1) is 13.9. The van der Waals surface area contributed by atoms with Crippen LogP contribution in [0.15, 0.2) is 17.5 Å². The molecule has 0 unspecified atom stereocenters. The smallest absolute Gasteiger partial charge is 0.328 e. The molecule has 0 aliphatic carbocycles. The Hall–Kier alpha value is -2.13. The van der Waals surface area contributed by atoms with Crippen molar-refractivity contribution in [3.8, 4) is 6.07 Å². The Morgan fingerprint density at radius 3 is 2.94 bits per heavy atom. The Morgan fingerprint density at radius 1 is 1.61 bits per heavy atom. The maximum absolute atomic E-state index is 12.0.